The van der Waals surface area contributed by atoms with E-state index in [9.17, 15) is 47.5 Å². The minimum absolute atomic E-state index is 0.00817. The van der Waals surface area contributed by atoms with E-state index in [-0.39, 0.29) is 53.1 Å². The topological polar surface area (TPSA) is 296 Å². The second-order valence-corrected chi connectivity index (χ2v) is 15.2. The van der Waals surface area contributed by atoms with Crippen molar-refractivity contribution in [3.8, 4) is 5.88 Å². The van der Waals surface area contributed by atoms with Crippen LogP contribution in [0, 0.1) is 11.1 Å². The highest BCUT2D eigenvalue weighted by Crippen LogP contribution is 2.40. The van der Waals surface area contributed by atoms with Crippen molar-refractivity contribution in [2.75, 3.05) is 13.2 Å². The van der Waals surface area contributed by atoms with Crippen LogP contribution in [0.4, 0.5) is 0 Å². The summed E-state index contributed by atoms with van der Waals surface area (Å²) in [4.78, 5) is 71.3. The predicted molar refractivity (Wildman–Crippen MR) is 190 cm³/mol. The monoisotopic (exact) mass is 811 g/mol. The van der Waals surface area contributed by atoms with Gasteiger partial charge in [-0.05, 0) is 68.9 Å². The van der Waals surface area contributed by atoms with Crippen molar-refractivity contribution < 1.29 is 71.5 Å². The molecule has 0 radical (unpaired) electrons. The van der Waals surface area contributed by atoms with Crippen LogP contribution in [-0.4, -0.2) is 113 Å². The molecule has 2 heterocycles. The van der Waals surface area contributed by atoms with Gasteiger partial charge in [-0.3, -0.25) is 29.1 Å². The number of carbonyl (C=O) groups excluding carboxylic acids is 3. The number of nitrogens with one attached hydrogen (secondary N) is 2. The van der Waals surface area contributed by atoms with E-state index in [1.54, 1.807) is 24.8 Å². The summed E-state index contributed by atoms with van der Waals surface area (Å²) in [7, 11) is -4.28. The molecule has 1 aliphatic heterocycles. The Labute approximate surface area is 322 Å². The lowest BCUT2D eigenvalue weighted by molar-refractivity contribution is -0.832. The van der Waals surface area contributed by atoms with Crippen LogP contribution in [0.5, 0.6) is 5.88 Å². The number of hydrogen-bond acceptors (Lipinski definition) is 14. The van der Waals surface area contributed by atoms with E-state index in [0.29, 0.717) is 19.4 Å². The second kappa shape index (κ2) is 21.1. The quantitative estimate of drug-likeness (QED) is 0.0758. The van der Waals surface area contributed by atoms with E-state index < -0.39 is 75.1 Å². The number of carboxylic acid groups (broad SMARTS) is 3. The zero-order valence-electron chi connectivity index (χ0n) is 31.3. The highest BCUT2D eigenvalue weighted by atomic mass is 32.2. The number of fused-ring (bicyclic) bond motifs is 1. The van der Waals surface area contributed by atoms with E-state index in [2.05, 4.69) is 15.1 Å². The largest absolute Gasteiger partial charge is 0.481 e. The van der Waals surface area contributed by atoms with Crippen molar-refractivity contribution in [1.29, 1.82) is 0 Å². The van der Waals surface area contributed by atoms with E-state index in [0.717, 1.165) is 32.1 Å². The number of amides is 2. The van der Waals surface area contributed by atoms with Crippen LogP contribution in [0.2, 0.25) is 0 Å². The lowest BCUT2D eigenvalue weighted by atomic mass is 9.84. The van der Waals surface area contributed by atoms with Gasteiger partial charge in [0.1, 0.15) is 18.1 Å². The van der Waals surface area contributed by atoms with Crippen molar-refractivity contribution >= 4 is 45.5 Å². The lowest BCUT2D eigenvalue weighted by Crippen LogP contribution is -2.55. The predicted octanol–water partition coefficient (Wildman–Crippen LogP) is 1.28. The van der Waals surface area contributed by atoms with Crippen LogP contribution in [0.1, 0.15) is 85.0 Å². The third kappa shape index (κ3) is 12.1. The Morgan fingerprint density at radius 3 is 2.34 bits per heavy atom. The lowest BCUT2D eigenvalue weighted by Gasteiger charge is -2.35. The number of likely N-dealkylation sites (tertiary alicyclic amines) is 1. The maximum Gasteiger partial charge on any atom is 0.414 e. The fraction of sp³-hybridized carbons (Fsp3) is 0.600. The zero-order valence-corrected chi connectivity index (χ0v) is 32.1. The molecular formula is C35H49N5O15S. The Hall–Kier alpha value is -5.31. The molecule has 6 atom stereocenters. The van der Waals surface area contributed by atoms with Crippen LogP contribution >= 0.6 is 0 Å². The van der Waals surface area contributed by atoms with E-state index in [1.165, 1.54) is 24.3 Å². The molecule has 56 heavy (non-hydrogen) atoms. The highest BCUT2D eigenvalue weighted by Gasteiger charge is 2.48. The summed E-state index contributed by atoms with van der Waals surface area (Å²) >= 11 is 0. The molecule has 1 aromatic heterocycles. The molecule has 1 aromatic carbocycles. The van der Waals surface area contributed by atoms with E-state index in [1.807, 2.05) is 12.2 Å². The van der Waals surface area contributed by atoms with Crippen molar-refractivity contribution in [2.24, 2.45) is 5.92 Å². The van der Waals surface area contributed by atoms with Gasteiger partial charge >= 0.3 is 34.8 Å². The number of aromatic nitrogens is 2. The molecule has 0 spiro atoms. The standard InChI is InChI=1S/C19H32N2O5.C16H17N3O10S/c1-4-8-14(19(25)26-5-2)20-12(3)17(22)21-15-10-7-6-9-13(15)11-16(21)18(23)24;20-12(17-11(16(23)24)9-13(21)22)7-4-8-28-14-15(19(25)29-18-14)30(26,27)10-5-2-1-3-6-10/h12-16,20H,4-11H2,1-3H3,(H,23,24);1-3,5-6,11H,4,7-9H2,(H,17,20)(H,21,22)(H,23,24)/t12-,13-,14-,15-,16?;11-/m00/s1. The number of carbonyl (C=O) groups is 6. The number of sulfone groups is 1. The first-order valence-corrected chi connectivity index (χ1v) is 19.8. The first-order valence-electron chi connectivity index (χ1n) is 18.3. The maximum atomic E-state index is 13.1. The smallest absolute Gasteiger partial charge is 0.414 e. The second-order valence-electron chi connectivity index (χ2n) is 13.3. The van der Waals surface area contributed by atoms with E-state index in [4.69, 9.17) is 19.7 Å². The molecule has 2 aromatic rings. The third-order valence-corrected chi connectivity index (χ3v) is 11.0. The van der Waals surface area contributed by atoms with Crippen LogP contribution in [0.3, 0.4) is 0 Å². The Balaban J connectivity index is 0.000000303. The summed E-state index contributed by atoms with van der Waals surface area (Å²) < 4.78 is 39.7. The van der Waals surface area contributed by atoms with Crippen molar-refractivity contribution in [3.63, 3.8) is 0 Å². The molecule has 1 aliphatic carbocycles. The molecule has 1 saturated carbocycles. The van der Waals surface area contributed by atoms with Gasteiger partial charge in [-0.2, -0.15) is 0 Å². The molecule has 1 unspecified atom stereocenters. The van der Waals surface area contributed by atoms with Crippen molar-refractivity contribution in [2.45, 2.75) is 125 Å². The van der Waals surface area contributed by atoms with Gasteiger partial charge in [0.15, 0.2) is 0 Å². The van der Waals surface area contributed by atoms with Gasteiger partial charge in [-0.15, -0.1) is 0 Å². The van der Waals surface area contributed by atoms with Gasteiger partial charge in [0.2, 0.25) is 11.8 Å². The molecule has 20 nitrogen and oxygen atoms in total. The van der Waals surface area contributed by atoms with Gasteiger partial charge in [0, 0.05) is 12.5 Å². The summed E-state index contributed by atoms with van der Waals surface area (Å²) in [5, 5.41) is 46.4. The number of benzene rings is 1. The van der Waals surface area contributed by atoms with E-state index >= 15 is 0 Å². The SMILES string of the molecule is CCC[C@H](N[C@@H](C)C(=O)N1C(C(=O)O)C[C@@H]2CCCC[C@@H]21)C(=O)OCC.O=C(O)C[C@H](NC(=O)CCCOc1no[n+]([O-])c1S(=O)(=O)c1ccccc1)C(=O)O. The summed E-state index contributed by atoms with van der Waals surface area (Å²) in [5.74, 6) is -5.48. The zero-order chi connectivity index (χ0) is 41.6. The highest BCUT2D eigenvalue weighted by molar-refractivity contribution is 7.91. The molecule has 21 heteroatoms. The normalized spacial score (nSPS) is 19.3. The van der Waals surface area contributed by atoms with Gasteiger partial charge in [-0.1, -0.05) is 44.4 Å². The summed E-state index contributed by atoms with van der Waals surface area (Å²) in [6.07, 6.45) is 4.82. The van der Waals surface area contributed by atoms with Gasteiger partial charge in [-0.25, -0.2) is 18.0 Å². The first kappa shape index (κ1) is 45.1. The Morgan fingerprint density at radius 1 is 1.05 bits per heavy atom. The number of aliphatic carboxylic acids is 3. The fourth-order valence-corrected chi connectivity index (χ4v) is 7.97. The van der Waals surface area contributed by atoms with Crippen LogP contribution in [0.15, 0.2) is 44.9 Å². The van der Waals surface area contributed by atoms with Gasteiger partial charge in [0.25, 0.3) is 9.84 Å². The van der Waals surface area contributed by atoms with Gasteiger partial charge in [0.05, 0.1) is 35.7 Å². The van der Waals surface area contributed by atoms with Crippen LogP contribution in [-0.2, 0) is 43.3 Å². The minimum atomic E-state index is -4.28. The first-order chi connectivity index (χ1) is 26.5. The molecule has 2 aliphatic rings. The molecule has 2 fully saturated rings. The fourth-order valence-electron chi connectivity index (χ4n) is 6.68. The van der Waals surface area contributed by atoms with Crippen molar-refractivity contribution in [1.82, 2.24) is 20.7 Å². The average molecular weight is 812 g/mol. The number of nitrogens with zero attached hydrogens (tertiary/aromatic N) is 3. The summed E-state index contributed by atoms with van der Waals surface area (Å²) in [6.45, 7) is 5.46. The average Bonchev–Trinajstić information content (AvgIpc) is 3.74. The number of rotatable bonds is 19. The maximum absolute atomic E-state index is 13.1. The summed E-state index contributed by atoms with van der Waals surface area (Å²) in [5.41, 5.74) is 0. The number of ether oxygens (including phenoxy) is 2. The van der Waals surface area contributed by atoms with Crippen molar-refractivity contribution in [3.05, 3.63) is 35.5 Å². The number of hydrogen-bond donors (Lipinski definition) is 5. The van der Waals surface area contributed by atoms with Crippen LogP contribution < -0.4 is 20.3 Å². The Kier molecular flexibility index (Phi) is 17.0. The van der Waals surface area contributed by atoms with Crippen LogP contribution in [0.25, 0.3) is 0 Å². The minimum Gasteiger partial charge on any atom is -0.481 e. The molecule has 1 saturated heterocycles. The molecular weight excluding hydrogens is 762 g/mol. The number of carboxylic acids is 3. The molecule has 4 rings (SSSR count). The summed E-state index contributed by atoms with van der Waals surface area (Å²) in [6, 6.07) is 3.54. The molecule has 310 valence electrons. The molecule has 2 amide bonds. The third-order valence-electron chi connectivity index (χ3n) is 9.25. The van der Waals surface area contributed by atoms with Gasteiger partial charge < -0.3 is 40.2 Å². The molecule has 5 N–H and O–H groups in total. The molecule has 0 bridgehead atoms. The Morgan fingerprint density at radius 2 is 1.73 bits per heavy atom. The number of esters is 1. The Bertz CT molecular complexity index is 1790.